The van der Waals surface area contributed by atoms with Crippen molar-refractivity contribution in [2.75, 3.05) is 25.5 Å². The highest BCUT2D eigenvalue weighted by atomic mass is 35.5. The van der Waals surface area contributed by atoms with Crippen LogP contribution in [0.25, 0.3) is 11.0 Å². The van der Waals surface area contributed by atoms with E-state index in [2.05, 4.69) is 20.9 Å². The maximum absolute atomic E-state index is 13.3. The predicted octanol–water partition coefficient (Wildman–Crippen LogP) is 3.94. The van der Waals surface area contributed by atoms with Gasteiger partial charge in [-0.2, -0.15) is 5.26 Å². The zero-order valence-corrected chi connectivity index (χ0v) is 22.0. The molecule has 4 rings (SSSR count). The molecular weight excluding hydrogens is 508 g/mol. The minimum atomic E-state index is -0.735. The SMILES string of the molecule is COc1ccc(Cl)cc1CNC(=O)CN1CCCCC(N=C(NC#N)Nc2ccc3oc(C)cc3c2)C1=O. The van der Waals surface area contributed by atoms with Crippen molar-refractivity contribution < 1.29 is 18.7 Å². The molecule has 1 atom stereocenters. The number of likely N-dealkylation sites (tertiary alicyclic amines) is 1. The number of ether oxygens (including phenoxy) is 1. The molecule has 0 bridgehead atoms. The molecule has 1 fully saturated rings. The molecule has 0 aliphatic carbocycles. The lowest BCUT2D eigenvalue weighted by atomic mass is 10.1. The van der Waals surface area contributed by atoms with Crippen LogP contribution in [0.15, 0.2) is 51.9 Å². The number of aliphatic imine (C=N–C) groups is 1. The van der Waals surface area contributed by atoms with Gasteiger partial charge in [-0.05, 0) is 68.7 Å². The number of carbonyl (C=O) groups excluding carboxylic acids is 2. The number of benzene rings is 2. The number of guanidine groups is 1. The van der Waals surface area contributed by atoms with Crippen molar-refractivity contribution in [3.63, 3.8) is 0 Å². The Bertz CT molecular complexity index is 1400. The van der Waals surface area contributed by atoms with Gasteiger partial charge >= 0.3 is 0 Å². The number of halogens is 1. The highest BCUT2D eigenvalue weighted by Gasteiger charge is 2.28. The molecule has 1 unspecified atom stereocenters. The Morgan fingerprint density at radius 2 is 2.11 bits per heavy atom. The van der Waals surface area contributed by atoms with Gasteiger partial charge in [-0.3, -0.25) is 14.9 Å². The molecule has 198 valence electrons. The van der Waals surface area contributed by atoms with Crippen LogP contribution in [0.1, 0.15) is 30.6 Å². The predicted molar refractivity (Wildman–Crippen MR) is 145 cm³/mol. The van der Waals surface area contributed by atoms with E-state index < -0.39 is 6.04 Å². The second-order valence-electron chi connectivity index (χ2n) is 8.95. The highest BCUT2D eigenvalue weighted by molar-refractivity contribution is 6.30. The quantitative estimate of drug-likeness (QED) is 0.180. The number of anilines is 1. The highest BCUT2D eigenvalue weighted by Crippen LogP contribution is 2.24. The summed E-state index contributed by atoms with van der Waals surface area (Å²) in [4.78, 5) is 32.1. The van der Waals surface area contributed by atoms with Crippen molar-refractivity contribution >= 4 is 46.0 Å². The van der Waals surface area contributed by atoms with Gasteiger partial charge < -0.3 is 24.7 Å². The van der Waals surface area contributed by atoms with Crippen LogP contribution in [0.3, 0.4) is 0 Å². The average Bonchev–Trinajstić information content (AvgIpc) is 3.18. The van der Waals surface area contributed by atoms with Crippen molar-refractivity contribution in [2.24, 2.45) is 4.99 Å². The van der Waals surface area contributed by atoms with Gasteiger partial charge in [0.1, 0.15) is 23.1 Å². The molecule has 2 aromatic carbocycles. The van der Waals surface area contributed by atoms with E-state index in [1.54, 1.807) is 31.4 Å². The van der Waals surface area contributed by atoms with E-state index in [9.17, 15) is 14.9 Å². The lowest BCUT2D eigenvalue weighted by Crippen LogP contribution is -2.44. The second-order valence-corrected chi connectivity index (χ2v) is 9.39. The lowest BCUT2D eigenvalue weighted by molar-refractivity contribution is -0.136. The largest absolute Gasteiger partial charge is 0.496 e. The number of amides is 2. The third-order valence-electron chi connectivity index (χ3n) is 6.17. The van der Waals surface area contributed by atoms with Gasteiger partial charge in [0, 0.05) is 34.7 Å². The minimum Gasteiger partial charge on any atom is -0.496 e. The Morgan fingerprint density at radius 1 is 1.26 bits per heavy atom. The Hall–Kier alpha value is -4.23. The van der Waals surface area contributed by atoms with Crippen molar-refractivity contribution in [3.8, 4) is 11.9 Å². The molecular formula is C27H29ClN6O4. The first-order chi connectivity index (χ1) is 18.4. The number of furan rings is 1. The van der Waals surface area contributed by atoms with Crippen LogP contribution in [0.4, 0.5) is 5.69 Å². The number of methoxy groups -OCH3 is 1. The van der Waals surface area contributed by atoms with E-state index in [1.165, 1.54) is 4.90 Å². The zero-order valence-electron chi connectivity index (χ0n) is 21.2. The summed E-state index contributed by atoms with van der Waals surface area (Å²) >= 11 is 6.07. The van der Waals surface area contributed by atoms with E-state index in [0.29, 0.717) is 29.4 Å². The lowest BCUT2D eigenvalue weighted by Gasteiger charge is -2.23. The third-order valence-corrected chi connectivity index (χ3v) is 6.40. The number of aryl methyl sites for hydroxylation is 1. The number of fused-ring (bicyclic) bond motifs is 1. The smallest absolute Gasteiger partial charge is 0.247 e. The standard InChI is InChI=1S/C27H29ClN6O4/c1-17-11-18-13-21(7-9-24(18)38-17)32-27(31-16-29)33-22-5-3-4-10-34(26(22)36)15-25(35)30-14-19-12-20(28)6-8-23(19)37-2/h6-9,11-13,22H,3-5,10,14-15H2,1-2H3,(H,30,35)(H2,31,32,33). The van der Waals surface area contributed by atoms with Gasteiger partial charge in [-0.1, -0.05) is 11.6 Å². The fourth-order valence-corrected chi connectivity index (χ4v) is 4.56. The van der Waals surface area contributed by atoms with Crippen molar-refractivity contribution in [2.45, 2.75) is 38.8 Å². The summed E-state index contributed by atoms with van der Waals surface area (Å²) < 4.78 is 10.9. The number of rotatable bonds is 7. The molecule has 3 aromatic rings. The Morgan fingerprint density at radius 3 is 2.89 bits per heavy atom. The van der Waals surface area contributed by atoms with Gasteiger partial charge in [0.15, 0.2) is 6.19 Å². The van der Waals surface area contributed by atoms with Crippen LogP contribution in [-0.2, 0) is 16.1 Å². The van der Waals surface area contributed by atoms with Crippen molar-refractivity contribution in [1.82, 2.24) is 15.5 Å². The number of hydrogen-bond donors (Lipinski definition) is 3. The van der Waals surface area contributed by atoms with Crippen LogP contribution in [-0.4, -0.2) is 48.9 Å². The Kier molecular flexibility index (Phi) is 8.71. The molecule has 0 saturated carbocycles. The van der Waals surface area contributed by atoms with Crippen LogP contribution in [0.2, 0.25) is 5.02 Å². The molecule has 2 heterocycles. The molecule has 0 radical (unpaired) electrons. The van der Waals surface area contributed by atoms with Crippen LogP contribution < -0.4 is 20.7 Å². The topological polar surface area (TPSA) is 132 Å². The van der Waals surface area contributed by atoms with E-state index in [0.717, 1.165) is 35.1 Å². The number of nitrogens with zero attached hydrogens (tertiary/aromatic N) is 3. The average molecular weight is 537 g/mol. The Balaban J connectivity index is 1.43. The molecule has 1 saturated heterocycles. The molecule has 1 aliphatic heterocycles. The Labute approximate surface area is 225 Å². The third kappa shape index (κ3) is 6.75. The fourth-order valence-electron chi connectivity index (χ4n) is 4.37. The molecule has 3 N–H and O–H groups in total. The molecule has 2 amide bonds. The number of nitrogens with one attached hydrogen (secondary N) is 3. The minimum absolute atomic E-state index is 0.0985. The zero-order chi connectivity index (χ0) is 27.1. The molecule has 1 aromatic heterocycles. The second kappa shape index (κ2) is 12.3. The molecule has 1 aliphatic rings. The summed E-state index contributed by atoms with van der Waals surface area (Å²) in [7, 11) is 1.55. The van der Waals surface area contributed by atoms with Crippen molar-refractivity contribution in [3.05, 3.63) is 58.8 Å². The maximum Gasteiger partial charge on any atom is 0.247 e. The van der Waals surface area contributed by atoms with Gasteiger partial charge in [0.25, 0.3) is 0 Å². The van der Waals surface area contributed by atoms with E-state index in [4.69, 9.17) is 20.8 Å². The van der Waals surface area contributed by atoms with E-state index >= 15 is 0 Å². The summed E-state index contributed by atoms with van der Waals surface area (Å²) in [6.07, 6.45) is 3.89. The van der Waals surface area contributed by atoms with Gasteiger partial charge in [0.05, 0.1) is 13.7 Å². The first-order valence-electron chi connectivity index (χ1n) is 12.2. The van der Waals surface area contributed by atoms with E-state index in [1.807, 2.05) is 31.3 Å². The summed E-state index contributed by atoms with van der Waals surface area (Å²) in [5.41, 5.74) is 2.18. The fraction of sp³-hybridized carbons (Fsp3) is 0.333. The van der Waals surface area contributed by atoms with Gasteiger partial charge in [0.2, 0.25) is 17.8 Å². The van der Waals surface area contributed by atoms with Crippen LogP contribution >= 0.6 is 11.6 Å². The van der Waals surface area contributed by atoms with E-state index in [-0.39, 0.29) is 30.9 Å². The number of nitriles is 1. The number of hydrogen-bond acceptors (Lipinski definition) is 6. The summed E-state index contributed by atoms with van der Waals surface area (Å²) in [6, 6.07) is 11.9. The van der Waals surface area contributed by atoms with Gasteiger partial charge in [-0.25, -0.2) is 4.99 Å². The van der Waals surface area contributed by atoms with Gasteiger partial charge in [-0.15, -0.1) is 0 Å². The number of carbonyl (C=O) groups is 2. The van der Waals surface area contributed by atoms with Crippen molar-refractivity contribution in [1.29, 1.82) is 5.26 Å². The normalized spacial score (nSPS) is 16.1. The molecule has 10 nitrogen and oxygen atoms in total. The molecule has 0 spiro atoms. The first-order valence-corrected chi connectivity index (χ1v) is 12.6. The summed E-state index contributed by atoms with van der Waals surface area (Å²) in [5, 5.41) is 19.1. The molecule has 11 heteroatoms. The first kappa shape index (κ1) is 26.8. The summed E-state index contributed by atoms with van der Waals surface area (Å²) in [6.45, 7) is 2.43. The monoisotopic (exact) mass is 536 g/mol. The summed E-state index contributed by atoms with van der Waals surface area (Å²) in [5.74, 6) is 0.994. The van der Waals surface area contributed by atoms with Crippen LogP contribution in [0.5, 0.6) is 5.75 Å². The molecule has 38 heavy (non-hydrogen) atoms. The van der Waals surface area contributed by atoms with Crippen LogP contribution in [0, 0.1) is 18.4 Å². The maximum atomic E-state index is 13.3.